The van der Waals surface area contributed by atoms with Crippen molar-refractivity contribution < 1.29 is 23.0 Å². The minimum absolute atomic E-state index is 0.00436. The molecule has 2 saturated heterocycles. The number of carbonyl (C=O) groups is 1. The molecule has 2 N–H and O–H groups in total. The number of halogens is 4. The van der Waals surface area contributed by atoms with E-state index in [1.54, 1.807) is 0 Å². The number of nitrogens with zero attached hydrogens (tertiary/aromatic N) is 4. The molecule has 44 heavy (non-hydrogen) atoms. The molecule has 5 atom stereocenters. The van der Waals surface area contributed by atoms with Crippen LogP contribution in [0.5, 0.6) is 0 Å². The number of amides is 1. The van der Waals surface area contributed by atoms with E-state index in [0.29, 0.717) is 19.4 Å². The van der Waals surface area contributed by atoms with Crippen molar-refractivity contribution in [1.29, 1.82) is 5.26 Å². The van der Waals surface area contributed by atoms with E-state index in [0.717, 1.165) is 6.07 Å². The van der Waals surface area contributed by atoms with Crippen molar-refractivity contribution in [3.05, 3.63) is 79.6 Å². The van der Waals surface area contributed by atoms with Crippen LogP contribution in [0.15, 0.2) is 41.5 Å². The van der Waals surface area contributed by atoms with Gasteiger partial charge < -0.3 is 20.1 Å². The molecule has 4 rings (SSSR count). The first kappa shape index (κ1) is 33.9. The van der Waals surface area contributed by atoms with Crippen LogP contribution in [0.2, 0.25) is 10.0 Å². The molecule has 2 fully saturated rings. The number of benzene rings is 2. The molecule has 2 aliphatic rings. The van der Waals surface area contributed by atoms with E-state index < -0.39 is 52.2 Å². The van der Waals surface area contributed by atoms with Gasteiger partial charge in [0, 0.05) is 40.5 Å². The largest absolute Gasteiger partial charge is 0.355 e. The van der Waals surface area contributed by atoms with Gasteiger partial charge in [-0.1, -0.05) is 60.4 Å². The van der Waals surface area contributed by atoms with E-state index in [1.807, 2.05) is 27.7 Å². The normalized spacial score (nSPS) is 26.2. The number of rotatable bonds is 11. The minimum Gasteiger partial charge on any atom is -0.355 e. The smallest absolute Gasteiger partial charge is 0.237 e. The van der Waals surface area contributed by atoms with Crippen molar-refractivity contribution in [2.75, 3.05) is 19.7 Å². The van der Waals surface area contributed by atoms with E-state index in [9.17, 15) is 10.1 Å². The van der Waals surface area contributed by atoms with Crippen LogP contribution in [0, 0.1) is 28.4 Å². The Kier molecular flexibility index (Phi) is 10.5. The van der Waals surface area contributed by atoms with Crippen LogP contribution in [0.3, 0.4) is 0 Å². The maximum atomic E-state index is 15.9. The predicted octanol–water partition coefficient (Wildman–Crippen LogP) is 6.93. The van der Waals surface area contributed by atoms with Crippen LogP contribution in [-0.2, 0) is 19.7 Å². The van der Waals surface area contributed by atoms with Gasteiger partial charge in [0.25, 0.3) is 0 Å². The number of carbonyl (C=O) groups excluding carboxylic acids is 1. The molecule has 2 heterocycles. The first-order chi connectivity index (χ1) is 20.7. The lowest BCUT2D eigenvalue weighted by Gasteiger charge is -2.38. The van der Waals surface area contributed by atoms with E-state index in [-0.39, 0.29) is 46.8 Å². The quantitative estimate of drug-likeness (QED) is 0.155. The van der Waals surface area contributed by atoms with Crippen molar-refractivity contribution in [3.63, 3.8) is 0 Å². The zero-order chi connectivity index (χ0) is 32.3. The highest BCUT2D eigenvalue weighted by Gasteiger charge is 2.61. The number of hydrogen-bond acceptors (Lipinski definition) is 6. The van der Waals surface area contributed by atoms with Gasteiger partial charge in [0.2, 0.25) is 5.91 Å². The lowest BCUT2D eigenvalue weighted by Crippen LogP contribution is -2.46. The lowest BCUT2D eigenvalue weighted by molar-refractivity contribution is -0.138. The third-order valence-corrected chi connectivity index (χ3v) is 8.98. The summed E-state index contributed by atoms with van der Waals surface area (Å²) in [7, 11) is 0. The second kappa shape index (κ2) is 13.6. The molecule has 0 radical (unpaired) electrons. The van der Waals surface area contributed by atoms with Crippen molar-refractivity contribution in [3.8, 4) is 6.07 Å². The molecule has 13 heteroatoms. The summed E-state index contributed by atoms with van der Waals surface area (Å²) >= 11 is 12.3. The summed E-state index contributed by atoms with van der Waals surface area (Å²) < 4.78 is 43.2. The molecule has 2 aliphatic heterocycles. The second-order valence-corrected chi connectivity index (χ2v) is 13.4. The van der Waals surface area contributed by atoms with Gasteiger partial charge >= 0.3 is 0 Å². The minimum atomic E-state index is -1.77. The fourth-order valence-corrected chi connectivity index (χ4v) is 6.71. The third kappa shape index (κ3) is 7.12. The second-order valence-electron chi connectivity index (χ2n) is 12.5. The Hall–Kier alpha value is -2.97. The van der Waals surface area contributed by atoms with Crippen LogP contribution in [0.25, 0.3) is 10.4 Å². The van der Waals surface area contributed by atoms with Gasteiger partial charge in [0.05, 0.1) is 29.8 Å². The third-order valence-electron chi connectivity index (χ3n) is 8.46. The highest BCUT2D eigenvalue weighted by Crippen LogP contribution is 2.53. The Morgan fingerprint density at radius 2 is 2.05 bits per heavy atom. The highest BCUT2D eigenvalue weighted by atomic mass is 35.5. The van der Waals surface area contributed by atoms with Crippen molar-refractivity contribution in [1.82, 2.24) is 10.6 Å². The fraction of sp³-hybridized carbons (Fsp3) is 0.548. The molecule has 9 nitrogen and oxygen atoms in total. The maximum Gasteiger partial charge on any atom is 0.237 e. The number of nitrogens with one attached hydrogen (secondary N) is 2. The Morgan fingerprint density at radius 1 is 1.30 bits per heavy atom. The summed E-state index contributed by atoms with van der Waals surface area (Å²) in [5, 5.41) is 20.8. The van der Waals surface area contributed by atoms with Gasteiger partial charge in [-0.2, -0.15) is 5.26 Å². The predicted molar refractivity (Wildman–Crippen MR) is 163 cm³/mol. The SMILES string of the molecule is CC(C)(CCN=[N+]=[N-])C[C@@H]1N[C@@H](C(=O)NCC[C@H]2COC(C)(C)O2)[C@H](c2cccc(Cl)c2F)[C@@]1(C#N)c1ccc(Cl)cc1F. The first-order valence-corrected chi connectivity index (χ1v) is 15.2. The Morgan fingerprint density at radius 3 is 2.68 bits per heavy atom. The standard InChI is InChI=1S/C31H36Cl2F2N6O3/c1-29(2,11-13-39-41-37)15-24-31(17-36,21-9-8-18(32)14-23(21)34)25(20-6-5-7-22(33)26(20)35)27(40-24)28(42)38-12-10-19-16-43-30(3,4)44-19/h5-9,14,19,24-25,27,40H,10-13,15-16H2,1-4H3,(H,38,42)/t19-,24-,25-,27+,31-/m0/s1. The van der Waals surface area contributed by atoms with Gasteiger partial charge in [-0.3, -0.25) is 4.79 Å². The van der Waals surface area contributed by atoms with Crippen LogP contribution in [-0.4, -0.2) is 49.6 Å². The van der Waals surface area contributed by atoms with Gasteiger partial charge in [-0.05, 0) is 67.8 Å². The summed E-state index contributed by atoms with van der Waals surface area (Å²) in [6.07, 6.45) is 0.943. The molecule has 2 aromatic rings. The number of ether oxygens (including phenoxy) is 2. The Bertz CT molecular complexity index is 1480. The molecule has 2 aromatic carbocycles. The highest BCUT2D eigenvalue weighted by molar-refractivity contribution is 6.31. The molecular weight excluding hydrogens is 613 g/mol. The Labute approximate surface area is 265 Å². The lowest BCUT2D eigenvalue weighted by atomic mass is 9.62. The zero-order valence-electron chi connectivity index (χ0n) is 25.0. The molecule has 0 unspecified atom stereocenters. The van der Waals surface area contributed by atoms with Gasteiger partial charge in [0.15, 0.2) is 5.79 Å². The van der Waals surface area contributed by atoms with Crippen LogP contribution in [0.1, 0.15) is 64.0 Å². The summed E-state index contributed by atoms with van der Waals surface area (Å²) in [5.74, 6) is -3.95. The van der Waals surface area contributed by atoms with Gasteiger partial charge in [-0.15, -0.1) is 0 Å². The number of hydrogen-bond donors (Lipinski definition) is 2. The van der Waals surface area contributed by atoms with Crippen LogP contribution < -0.4 is 10.6 Å². The van der Waals surface area contributed by atoms with E-state index >= 15 is 8.78 Å². The topological polar surface area (TPSA) is 132 Å². The monoisotopic (exact) mass is 648 g/mol. The van der Waals surface area contributed by atoms with E-state index in [1.165, 1.54) is 30.3 Å². The zero-order valence-corrected chi connectivity index (χ0v) is 26.6. The summed E-state index contributed by atoms with van der Waals surface area (Å²) in [5.41, 5.74) is 6.46. The molecule has 0 saturated carbocycles. The number of nitriles is 1. The van der Waals surface area contributed by atoms with Gasteiger partial charge in [-0.25, -0.2) is 8.78 Å². The first-order valence-electron chi connectivity index (χ1n) is 14.4. The average Bonchev–Trinajstić information content (AvgIpc) is 3.46. The van der Waals surface area contributed by atoms with Crippen molar-refractivity contribution in [2.24, 2.45) is 10.5 Å². The molecule has 0 aliphatic carbocycles. The average molecular weight is 650 g/mol. The maximum absolute atomic E-state index is 15.9. The van der Waals surface area contributed by atoms with Crippen LogP contribution in [0.4, 0.5) is 8.78 Å². The van der Waals surface area contributed by atoms with Crippen molar-refractivity contribution >= 4 is 29.1 Å². The molecule has 1 amide bonds. The van der Waals surface area contributed by atoms with Gasteiger partial charge in [0.1, 0.15) is 17.0 Å². The summed E-state index contributed by atoms with van der Waals surface area (Å²) in [6, 6.07) is 8.70. The van der Waals surface area contributed by atoms with Crippen LogP contribution >= 0.6 is 23.2 Å². The van der Waals surface area contributed by atoms with E-state index in [4.69, 9.17) is 38.2 Å². The van der Waals surface area contributed by atoms with Crippen molar-refractivity contribution in [2.45, 2.75) is 82.3 Å². The molecule has 0 aromatic heterocycles. The summed E-state index contributed by atoms with van der Waals surface area (Å²) in [6.45, 7) is 8.27. The summed E-state index contributed by atoms with van der Waals surface area (Å²) in [4.78, 5) is 16.8. The molecular formula is C31H36Cl2F2N6O3. The Balaban J connectivity index is 1.80. The molecule has 0 bridgehead atoms. The molecule has 0 spiro atoms. The number of azide groups is 1. The van der Waals surface area contributed by atoms with E-state index in [2.05, 4.69) is 26.7 Å². The fourth-order valence-electron chi connectivity index (χ4n) is 6.37. The molecule has 236 valence electrons.